The van der Waals surface area contributed by atoms with E-state index in [-0.39, 0.29) is 38.6 Å². The third-order valence-electron chi connectivity index (χ3n) is 18.5. The van der Waals surface area contributed by atoms with Crippen molar-refractivity contribution in [1.29, 1.82) is 0 Å². The molecule has 0 heterocycles. The molecule has 0 atom stereocenters. The number of hydrogen-bond donors (Lipinski definition) is 2. The molecule has 0 aliphatic heterocycles. The van der Waals surface area contributed by atoms with E-state index in [1.807, 2.05) is 248 Å². The summed E-state index contributed by atoms with van der Waals surface area (Å²) in [6.07, 6.45) is 6.05. The van der Waals surface area contributed by atoms with Gasteiger partial charge < -0.3 is 24.3 Å². The largest absolute Gasteiger partial charge is 0.518 e. The smallest absolute Gasteiger partial charge is 0.423 e. The highest BCUT2D eigenvalue weighted by Gasteiger charge is 2.18. The number of carbonyl (C=O) groups is 5. The number of allylic oxidation sites excluding steroid dienone is 1. The van der Waals surface area contributed by atoms with Crippen molar-refractivity contribution in [3.05, 3.63) is 500 Å². The van der Waals surface area contributed by atoms with Crippen LogP contribution in [0.2, 0.25) is 0 Å². The Bertz CT molecular complexity index is 5890. The van der Waals surface area contributed by atoms with Crippen LogP contribution in [0.15, 0.2) is 388 Å². The zero-order valence-electron chi connectivity index (χ0n) is 71.1. The number of halogens is 12. The second-order valence-corrected chi connectivity index (χ2v) is 33.5. The average Bonchev–Trinajstić information content (AvgIpc) is 0.854. The molecule has 12 aromatic carbocycles. The summed E-state index contributed by atoms with van der Waals surface area (Å²) in [6, 6.07) is 91.0. The summed E-state index contributed by atoms with van der Waals surface area (Å²) in [6.45, 7) is 32.7. The number of aryl methyl sites for hydroxylation is 6. The van der Waals surface area contributed by atoms with Gasteiger partial charge in [0.25, 0.3) is 0 Å². The van der Waals surface area contributed by atoms with Crippen molar-refractivity contribution in [2.75, 3.05) is 10.6 Å². The Labute approximate surface area is 819 Å². The van der Waals surface area contributed by atoms with Gasteiger partial charge in [-0.05, 0) is 175 Å². The number of hydrogen-bond acceptors (Lipinski definition) is 9. The van der Waals surface area contributed by atoms with E-state index < -0.39 is 18.2 Å². The monoisotopic (exact) mass is 1960 g/mol. The van der Waals surface area contributed by atoms with E-state index in [1.54, 1.807) is 91.0 Å². The van der Waals surface area contributed by atoms with E-state index in [1.165, 1.54) is 17.7 Å². The Morgan fingerprint density at radius 1 is 0.254 bits per heavy atom. The van der Waals surface area contributed by atoms with Crippen LogP contribution < -0.4 is 20.1 Å². The molecule has 23 heteroatoms. The fraction of sp³-hybridized carbons (Fsp3) is 0.0561. The summed E-state index contributed by atoms with van der Waals surface area (Å²) in [7, 11) is 0. The topological polar surface area (TPSA) is 146 Å². The number of nitrogens with one attached hydrogen (secondary N) is 2. The summed E-state index contributed by atoms with van der Waals surface area (Å²) in [5.41, 5.74) is 25.2. The standard InChI is InChI=1S/C18H15Cl2NO2.C18H15Cl2NO.C18H14Cl2O3.C18H14Cl2O2.C18H14Cl2O.C17H14Cl2/c1-3-23-18(22)21-15-10-8-14(9-11-15)16(17(19)20)13-6-4-12(2)5-7-13;1-3-16(22)21-15-10-8-14(9-11-15)17(18(19)20)13-6-4-12(2)5-7-13;1-3-22-18(21)23-15-10-8-14(9-11-15)16(17(19)20)13-6-4-12(2)5-7-13;1-3-16(21)22-15-10-8-14(9-11-15)17(18(19)20)13-6-4-12(2)5-7-13;1-3-16(21)13-8-10-15(11-9-13)17(18(19)20)14-6-4-12(2)5-7-14;1-3-13-6-10-15(11-7-13)16(17(18)19)14-8-4-12(2)5-9-14/h3-11H,1H2,2H3,(H,21,22);3-11H,1H2,2H3,(H,21,22);3-11H,1H2,2H3;3-11H,1H2,2H3;3-11H,1H2,2H3;3-11H,1H2,2H3. The van der Waals surface area contributed by atoms with Gasteiger partial charge in [-0.25, -0.2) is 14.4 Å². The fourth-order valence-electron chi connectivity index (χ4n) is 11.9. The van der Waals surface area contributed by atoms with Crippen LogP contribution in [-0.4, -0.2) is 29.9 Å². The second kappa shape index (κ2) is 54.0. The van der Waals surface area contributed by atoms with Gasteiger partial charge in [0.2, 0.25) is 5.91 Å². The van der Waals surface area contributed by atoms with Crippen molar-refractivity contribution in [2.45, 2.75) is 41.5 Å². The van der Waals surface area contributed by atoms with Gasteiger partial charge in [0, 0.05) is 56.5 Å². The molecule has 0 saturated heterocycles. The quantitative estimate of drug-likeness (QED) is 0.0160. The molecule has 130 heavy (non-hydrogen) atoms. The Hall–Kier alpha value is -11.9. The first-order valence-electron chi connectivity index (χ1n) is 39.2. The predicted octanol–water partition coefficient (Wildman–Crippen LogP) is 33.7. The lowest BCUT2D eigenvalue weighted by molar-refractivity contribution is -0.129. The van der Waals surface area contributed by atoms with Gasteiger partial charge in [-0.2, -0.15) is 0 Å². The van der Waals surface area contributed by atoms with E-state index in [9.17, 15) is 24.0 Å². The molecule has 0 fully saturated rings. The number of ether oxygens (including phenoxy) is 4. The van der Waals surface area contributed by atoms with Crippen molar-refractivity contribution in [1.82, 2.24) is 0 Å². The summed E-state index contributed by atoms with van der Waals surface area (Å²) < 4.78 is 20.3. The third-order valence-corrected chi connectivity index (χ3v) is 20.8. The molecule has 0 radical (unpaired) electrons. The first kappa shape index (κ1) is 105. The zero-order chi connectivity index (χ0) is 95.1. The molecule has 0 saturated carbocycles. The summed E-state index contributed by atoms with van der Waals surface area (Å²) in [5.74, 6) is -0.0913. The maximum atomic E-state index is 11.6. The molecule has 2 N–H and O–H groups in total. The number of rotatable bonds is 23. The molecular weight excluding hydrogens is 1880 g/mol. The normalized spacial score (nSPS) is 9.95. The first-order valence-corrected chi connectivity index (χ1v) is 43.7. The zero-order valence-corrected chi connectivity index (χ0v) is 80.2. The molecule has 12 rings (SSSR count). The Kier molecular flexibility index (Phi) is 43.7. The fourth-order valence-corrected chi connectivity index (χ4v) is 14.5. The molecule has 0 aliphatic carbocycles. The highest BCUT2D eigenvalue weighted by Crippen LogP contribution is 2.39. The van der Waals surface area contributed by atoms with Gasteiger partial charge in [-0.3, -0.25) is 14.9 Å². The first-order chi connectivity index (χ1) is 62.2. The van der Waals surface area contributed by atoms with Crippen LogP contribution in [0, 0.1) is 41.5 Å². The lowest BCUT2D eigenvalue weighted by atomic mass is 9.97. The van der Waals surface area contributed by atoms with Crippen LogP contribution in [-0.2, 0) is 19.1 Å². The Morgan fingerprint density at radius 2 is 0.477 bits per heavy atom. The predicted molar refractivity (Wildman–Crippen MR) is 549 cm³/mol. The molecule has 2 amide bonds. The van der Waals surface area contributed by atoms with Gasteiger partial charge in [-0.1, -0.05) is 461 Å². The molecule has 12 aromatic rings. The van der Waals surface area contributed by atoms with E-state index in [4.69, 9.17) is 149 Å². The Morgan fingerprint density at radius 3 is 0.708 bits per heavy atom. The van der Waals surface area contributed by atoms with Crippen LogP contribution in [0.25, 0.3) is 39.5 Å². The van der Waals surface area contributed by atoms with Gasteiger partial charge in [0.15, 0.2) is 5.78 Å². The Balaban J connectivity index is 0.000000214. The lowest BCUT2D eigenvalue weighted by Crippen LogP contribution is -2.10. The molecule has 11 nitrogen and oxygen atoms in total. The van der Waals surface area contributed by atoms with E-state index in [0.717, 1.165) is 147 Å². The second-order valence-electron chi connectivity index (χ2n) is 27.8. The van der Waals surface area contributed by atoms with Gasteiger partial charge in [0.05, 0.1) is 12.5 Å². The SMILES string of the molecule is C=CC(=O)Nc1ccc(C(=C(Cl)Cl)c2ccc(C)cc2)cc1.C=CC(=O)Oc1ccc(C(=C(Cl)Cl)c2ccc(C)cc2)cc1.C=CC(=O)c1ccc(C(=C(Cl)Cl)c2ccc(C)cc2)cc1.C=COC(=O)Nc1ccc(C(=C(Cl)Cl)c2ccc(C)cc2)cc1.C=COC(=O)Oc1ccc(C(=C(Cl)Cl)c2ccc(C)cc2)cc1.C=Cc1ccc(C(=C(Cl)Cl)c2ccc(C)cc2)cc1. The van der Waals surface area contributed by atoms with Gasteiger partial charge in [0.1, 0.15) is 38.4 Å². The lowest BCUT2D eigenvalue weighted by Gasteiger charge is -2.10. The molecule has 0 spiro atoms. The van der Waals surface area contributed by atoms with Crippen molar-refractivity contribution < 1.29 is 42.9 Å². The van der Waals surface area contributed by atoms with E-state index >= 15 is 0 Å². The number of ketones is 1. The summed E-state index contributed by atoms with van der Waals surface area (Å²) >= 11 is 72.6. The molecule has 662 valence electrons. The minimum absolute atomic E-state index is 0.112. The van der Waals surface area contributed by atoms with Crippen LogP contribution in [0.1, 0.15) is 116 Å². The van der Waals surface area contributed by atoms with Crippen LogP contribution in [0.4, 0.5) is 21.0 Å². The van der Waals surface area contributed by atoms with Gasteiger partial charge in [-0.15, -0.1) is 0 Å². The molecule has 0 bridgehead atoms. The average molecular weight is 1970 g/mol. The molecular formula is C107H86Cl12N2O9. The number of amides is 2. The number of carbonyl (C=O) groups excluding carboxylic acids is 5. The molecule has 0 aliphatic rings. The van der Waals surface area contributed by atoms with Crippen molar-refractivity contribution in [2.24, 2.45) is 0 Å². The molecule has 0 aromatic heterocycles. The van der Waals surface area contributed by atoms with Gasteiger partial charge >= 0.3 is 18.2 Å². The maximum absolute atomic E-state index is 11.6. The number of esters is 1. The van der Waals surface area contributed by atoms with Crippen LogP contribution >= 0.6 is 139 Å². The minimum atomic E-state index is -0.850. The minimum Gasteiger partial charge on any atom is -0.423 e. The van der Waals surface area contributed by atoms with E-state index in [2.05, 4.69) is 59.6 Å². The van der Waals surface area contributed by atoms with Crippen LogP contribution in [0.3, 0.4) is 0 Å². The van der Waals surface area contributed by atoms with Crippen molar-refractivity contribution in [3.8, 4) is 11.5 Å². The highest BCUT2D eigenvalue weighted by atomic mass is 35.6. The third kappa shape index (κ3) is 33.6. The highest BCUT2D eigenvalue weighted by molar-refractivity contribution is 6.61. The molecule has 0 unspecified atom stereocenters. The van der Waals surface area contributed by atoms with E-state index in [0.29, 0.717) is 34.0 Å². The maximum Gasteiger partial charge on any atom is 0.518 e. The van der Waals surface area contributed by atoms with Crippen LogP contribution in [0.5, 0.6) is 11.5 Å². The number of benzene rings is 12. The summed E-state index contributed by atoms with van der Waals surface area (Å²) in [4.78, 5) is 56.6. The number of anilines is 2. The van der Waals surface area contributed by atoms with Crippen molar-refractivity contribution >= 4 is 220 Å². The van der Waals surface area contributed by atoms with Crippen molar-refractivity contribution in [3.63, 3.8) is 0 Å². The summed E-state index contributed by atoms with van der Waals surface area (Å²) in [5, 5.41) is 5.27.